The van der Waals surface area contributed by atoms with Crippen molar-refractivity contribution in [2.24, 2.45) is 0 Å². The standard InChI is InChI=1S/C29H34ClN3O5S/c1-5-18-31-29(35)22(3)32(19-23-8-14-26(38-4)15-9-23)28(34)20-33(25-12-10-24(30)11-13-25)39(36,37)27-16-6-21(2)7-17-27/h6-17,22H,5,18-20H2,1-4H3,(H,31,35)/t22-/m0/s1. The minimum atomic E-state index is -4.13. The Morgan fingerprint density at radius 2 is 1.59 bits per heavy atom. The molecule has 0 radical (unpaired) electrons. The van der Waals surface area contributed by atoms with Crippen molar-refractivity contribution in [1.29, 1.82) is 0 Å². The first-order valence-electron chi connectivity index (χ1n) is 12.6. The number of aryl methyl sites for hydroxylation is 1. The van der Waals surface area contributed by atoms with E-state index in [9.17, 15) is 18.0 Å². The van der Waals surface area contributed by atoms with Gasteiger partial charge in [-0.2, -0.15) is 0 Å². The topological polar surface area (TPSA) is 96.0 Å². The van der Waals surface area contributed by atoms with E-state index in [0.29, 0.717) is 17.3 Å². The third-order valence-corrected chi connectivity index (χ3v) is 8.27. The number of benzene rings is 3. The van der Waals surface area contributed by atoms with Crippen molar-refractivity contribution >= 4 is 39.1 Å². The summed E-state index contributed by atoms with van der Waals surface area (Å²) in [7, 11) is -2.57. The van der Waals surface area contributed by atoms with E-state index < -0.39 is 28.5 Å². The fourth-order valence-electron chi connectivity index (χ4n) is 3.88. The number of amides is 2. The molecule has 1 atom stereocenters. The molecule has 0 fully saturated rings. The van der Waals surface area contributed by atoms with Crippen molar-refractivity contribution in [3.8, 4) is 5.75 Å². The van der Waals surface area contributed by atoms with Crippen molar-refractivity contribution in [2.75, 3.05) is 24.5 Å². The normalized spacial score (nSPS) is 11.9. The van der Waals surface area contributed by atoms with Crippen LogP contribution < -0.4 is 14.4 Å². The Hall–Kier alpha value is -3.56. The molecular weight excluding hydrogens is 538 g/mol. The Kier molecular flexibility index (Phi) is 10.4. The molecule has 0 saturated carbocycles. The summed E-state index contributed by atoms with van der Waals surface area (Å²) in [6.45, 7) is 5.48. The average Bonchev–Trinajstić information content (AvgIpc) is 2.93. The van der Waals surface area contributed by atoms with E-state index in [1.165, 1.54) is 17.0 Å². The lowest BCUT2D eigenvalue weighted by Gasteiger charge is -2.32. The highest BCUT2D eigenvalue weighted by Crippen LogP contribution is 2.26. The van der Waals surface area contributed by atoms with Gasteiger partial charge >= 0.3 is 0 Å². The van der Waals surface area contributed by atoms with Gasteiger partial charge in [0.15, 0.2) is 0 Å². The summed E-state index contributed by atoms with van der Waals surface area (Å²) >= 11 is 6.05. The van der Waals surface area contributed by atoms with Crippen LogP contribution in [0, 0.1) is 6.92 Å². The number of carbonyl (C=O) groups is 2. The van der Waals surface area contributed by atoms with Gasteiger partial charge in [-0.3, -0.25) is 13.9 Å². The number of ether oxygens (including phenoxy) is 1. The van der Waals surface area contributed by atoms with Gasteiger partial charge in [0, 0.05) is 18.1 Å². The number of hydrogen-bond donors (Lipinski definition) is 1. The molecule has 0 bridgehead atoms. The minimum absolute atomic E-state index is 0.0475. The predicted molar refractivity (Wildman–Crippen MR) is 153 cm³/mol. The van der Waals surface area contributed by atoms with Crippen molar-refractivity contribution in [2.45, 2.75) is 44.7 Å². The molecule has 208 valence electrons. The highest BCUT2D eigenvalue weighted by atomic mass is 35.5. The molecule has 39 heavy (non-hydrogen) atoms. The summed E-state index contributed by atoms with van der Waals surface area (Å²) in [4.78, 5) is 28.2. The zero-order valence-electron chi connectivity index (χ0n) is 22.6. The third-order valence-electron chi connectivity index (χ3n) is 6.23. The lowest BCUT2D eigenvalue weighted by molar-refractivity contribution is -0.139. The van der Waals surface area contributed by atoms with E-state index in [2.05, 4.69) is 5.32 Å². The summed E-state index contributed by atoms with van der Waals surface area (Å²) in [5.74, 6) is -0.197. The second kappa shape index (κ2) is 13.5. The van der Waals surface area contributed by atoms with Crippen LogP contribution in [0.1, 0.15) is 31.4 Å². The number of sulfonamides is 1. The second-order valence-corrected chi connectivity index (χ2v) is 11.4. The number of anilines is 1. The zero-order chi connectivity index (χ0) is 28.6. The number of halogens is 1. The Balaban J connectivity index is 2.00. The average molecular weight is 572 g/mol. The van der Waals surface area contributed by atoms with Crippen LogP contribution in [0.4, 0.5) is 5.69 Å². The van der Waals surface area contributed by atoms with E-state index in [1.54, 1.807) is 74.7 Å². The molecule has 0 aromatic heterocycles. The largest absolute Gasteiger partial charge is 0.497 e. The fourth-order valence-corrected chi connectivity index (χ4v) is 5.42. The Labute approximate surface area is 235 Å². The number of rotatable bonds is 12. The molecule has 3 aromatic rings. The summed E-state index contributed by atoms with van der Waals surface area (Å²) in [6.07, 6.45) is 0.740. The first kappa shape index (κ1) is 30.0. The number of nitrogens with zero attached hydrogens (tertiary/aromatic N) is 2. The number of nitrogens with one attached hydrogen (secondary N) is 1. The Bertz CT molecular complexity index is 1360. The van der Waals surface area contributed by atoms with Crippen molar-refractivity contribution in [1.82, 2.24) is 10.2 Å². The van der Waals surface area contributed by atoms with Crippen molar-refractivity contribution < 1.29 is 22.7 Å². The van der Waals surface area contributed by atoms with E-state index in [1.807, 2.05) is 13.8 Å². The van der Waals surface area contributed by atoms with Gasteiger partial charge < -0.3 is 15.0 Å². The van der Waals surface area contributed by atoms with Crippen LogP contribution in [0.3, 0.4) is 0 Å². The maximum absolute atomic E-state index is 13.9. The number of methoxy groups -OCH3 is 1. The third kappa shape index (κ3) is 7.74. The van der Waals surface area contributed by atoms with Gasteiger partial charge in [-0.25, -0.2) is 8.42 Å². The lowest BCUT2D eigenvalue weighted by Crippen LogP contribution is -2.51. The summed E-state index contributed by atoms with van der Waals surface area (Å²) in [6, 6.07) is 18.9. The lowest BCUT2D eigenvalue weighted by atomic mass is 10.1. The molecule has 0 spiro atoms. The predicted octanol–water partition coefficient (Wildman–Crippen LogP) is 4.80. The van der Waals surface area contributed by atoms with E-state index in [4.69, 9.17) is 16.3 Å². The van der Waals surface area contributed by atoms with Gasteiger partial charge in [-0.15, -0.1) is 0 Å². The van der Waals surface area contributed by atoms with Crippen LogP contribution in [0.25, 0.3) is 0 Å². The molecule has 2 amide bonds. The summed E-state index contributed by atoms with van der Waals surface area (Å²) in [5, 5.41) is 3.26. The SMILES string of the molecule is CCCNC(=O)[C@H](C)N(Cc1ccc(OC)cc1)C(=O)CN(c1ccc(Cl)cc1)S(=O)(=O)c1ccc(C)cc1. The molecule has 0 saturated heterocycles. The van der Waals surface area contributed by atoms with Gasteiger partial charge in [0.25, 0.3) is 10.0 Å². The van der Waals surface area contributed by atoms with Gasteiger partial charge in [-0.1, -0.05) is 48.4 Å². The first-order chi connectivity index (χ1) is 18.6. The van der Waals surface area contributed by atoms with Gasteiger partial charge in [0.2, 0.25) is 11.8 Å². The smallest absolute Gasteiger partial charge is 0.264 e. The molecule has 0 unspecified atom stereocenters. The maximum Gasteiger partial charge on any atom is 0.264 e. The molecule has 3 rings (SSSR count). The molecule has 0 heterocycles. The minimum Gasteiger partial charge on any atom is -0.497 e. The van der Waals surface area contributed by atoms with Crippen LogP contribution in [-0.4, -0.2) is 51.4 Å². The van der Waals surface area contributed by atoms with Gasteiger partial charge in [-0.05, 0) is 74.4 Å². The van der Waals surface area contributed by atoms with Gasteiger partial charge in [0.05, 0.1) is 17.7 Å². The van der Waals surface area contributed by atoms with Crippen LogP contribution >= 0.6 is 11.6 Å². The summed E-state index contributed by atoms with van der Waals surface area (Å²) in [5.41, 5.74) is 1.94. The van der Waals surface area contributed by atoms with E-state index >= 15 is 0 Å². The molecule has 0 aliphatic heterocycles. The van der Waals surface area contributed by atoms with Crippen LogP contribution in [0.5, 0.6) is 5.75 Å². The monoisotopic (exact) mass is 571 g/mol. The van der Waals surface area contributed by atoms with E-state index in [-0.39, 0.29) is 23.0 Å². The quantitative estimate of drug-likeness (QED) is 0.337. The highest BCUT2D eigenvalue weighted by molar-refractivity contribution is 7.92. The molecule has 3 aromatic carbocycles. The second-order valence-electron chi connectivity index (χ2n) is 9.14. The highest BCUT2D eigenvalue weighted by Gasteiger charge is 2.32. The Morgan fingerprint density at radius 3 is 2.15 bits per heavy atom. The van der Waals surface area contributed by atoms with Crippen LogP contribution in [-0.2, 0) is 26.2 Å². The van der Waals surface area contributed by atoms with E-state index in [0.717, 1.165) is 21.9 Å². The first-order valence-corrected chi connectivity index (χ1v) is 14.4. The number of carbonyl (C=O) groups excluding carboxylic acids is 2. The van der Waals surface area contributed by atoms with Crippen LogP contribution in [0.15, 0.2) is 77.7 Å². The van der Waals surface area contributed by atoms with Gasteiger partial charge in [0.1, 0.15) is 18.3 Å². The molecule has 8 nitrogen and oxygen atoms in total. The molecule has 0 aliphatic carbocycles. The van der Waals surface area contributed by atoms with Crippen molar-refractivity contribution in [3.63, 3.8) is 0 Å². The zero-order valence-corrected chi connectivity index (χ0v) is 24.1. The fraction of sp³-hybridized carbons (Fsp3) is 0.310. The molecule has 10 heteroatoms. The molecular formula is C29H34ClN3O5S. The molecule has 0 aliphatic rings. The molecule has 1 N–H and O–H groups in total. The Morgan fingerprint density at radius 1 is 0.974 bits per heavy atom. The van der Waals surface area contributed by atoms with Crippen LogP contribution in [0.2, 0.25) is 5.02 Å². The number of hydrogen-bond acceptors (Lipinski definition) is 5. The maximum atomic E-state index is 13.9. The van der Waals surface area contributed by atoms with Crippen molar-refractivity contribution in [3.05, 3.63) is 88.9 Å². The summed E-state index contributed by atoms with van der Waals surface area (Å²) < 4.78 is 33.9.